The summed E-state index contributed by atoms with van der Waals surface area (Å²) in [4.78, 5) is 11.2. The number of aromatic nitrogens is 2. The fraction of sp³-hybridized carbons (Fsp3) is 0.714. The van der Waals surface area contributed by atoms with Gasteiger partial charge in [0.15, 0.2) is 0 Å². The molecule has 3 N–H and O–H groups in total. The van der Waals surface area contributed by atoms with Crippen molar-refractivity contribution in [2.24, 2.45) is 11.8 Å². The monoisotopic (exact) mass is 279 g/mol. The number of hydrogen-bond acceptors (Lipinski definition) is 6. The summed E-state index contributed by atoms with van der Waals surface area (Å²) in [5, 5.41) is 0. The maximum Gasteiger partial charge on any atom is 0.145 e. The molecule has 1 unspecified atom stereocenters. The van der Waals surface area contributed by atoms with E-state index in [0.717, 1.165) is 50.7 Å². The highest BCUT2D eigenvalue weighted by Gasteiger charge is 2.17. The van der Waals surface area contributed by atoms with Crippen LogP contribution < -0.4 is 16.2 Å². The molecule has 6 heteroatoms. The topological polar surface area (TPSA) is 76.3 Å². The number of rotatable bonds is 6. The molecule has 1 aliphatic rings. The second-order valence-electron chi connectivity index (χ2n) is 5.39. The van der Waals surface area contributed by atoms with Crippen LogP contribution in [0, 0.1) is 5.92 Å². The predicted molar refractivity (Wildman–Crippen MR) is 80.7 cm³/mol. The molecule has 0 aliphatic carbocycles. The first-order valence-corrected chi connectivity index (χ1v) is 7.36. The summed E-state index contributed by atoms with van der Waals surface area (Å²) in [6.07, 6.45) is 4.26. The van der Waals surface area contributed by atoms with Crippen molar-refractivity contribution >= 4 is 11.6 Å². The Morgan fingerprint density at radius 1 is 1.50 bits per heavy atom. The quantitative estimate of drug-likeness (QED) is 0.608. The fourth-order valence-electron chi connectivity index (χ4n) is 2.52. The second kappa shape index (κ2) is 7.40. The molecule has 2 rings (SSSR count). The molecule has 112 valence electrons. The number of aryl methyl sites for hydroxylation is 1. The molecule has 1 atom stereocenters. The number of nitrogens with two attached hydrogens (primary N) is 1. The number of nitrogen functional groups attached to an aromatic ring is 1. The Kier molecular flexibility index (Phi) is 5.55. The van der Waals surface area contributed by atoms with E-state index in [-0.39, 0.29) is 0 Å². The highest BCUT2D eigenvalue weighted by Crippen LogP contribution is 2.19. The minimum atomic E-state index is 0.577. The van der Waals surface area contributed by atoms with Gasteiger partial charge in [-0.2, -0.15) is 0 Å². The molecule has 0 aromatic carbocycles. The van der Waals surface area contributed by atoms with Gasteiger partial charge < -0.3 is 15.1 Å². The van der Waals surface area contributed by atoms with Crippen LogP contribution in [0.5, 0.6) is 0 Å². The van der Waals surface area contributed by atoms with Gasteiger partial charge in [0.1, 0.15) is 17.5 Å². The van der Waals surface area contributed by atoms with Gasteiger partial charge in [0.05, 0.1) is 6.61 Å². The van der Waals surface area contributed by atoms with Crippen molar-refractivity contribution in [3.05, 3.63) is 11.9 Å². The first-order chi connectivity index (χ1) is 9.72. The highest BCUT2D eigenvalue weighted by molar-refractivity contribution is 5.48. The second-order valence-corrected chi connectivity index (χ2v) is 5.39. The molecule has 0 saturated carbocycles. The lowest BCUT2D eigenvalue weighted by Gasteiger charge is -2.28. The fourth-order valence-corrected chi connectivity index (χ4v) is 2.52. The molecule has 1 aromatic rings. The smallest absolute Gasteiger partial charge is 0.145 e. The van der Waals surface area contributed by atoms with Crippen LogP contribution in [0.2, 0.25) is 0 Å². The van der Waals surface area contributed by atoms with Gasteiger partial charge in [-0.3, -0.25) is 0 Å². The van der Waals surface area contributed by atoms with Gasteiger partial charge >= 0.3 is 0 Å². The molecule has 6 nitrogen and oxygen atoms in total. The zero-order valence-electron chi connectivity index (χ0n) is 12.4. The van der Waals surface area contributed by atoms with E-state index in [0.29, 0.717) is 11.7 Å². The lowest BCUT2D eigenvalue weighted by atomic mass is 10.0. The summed E-state index contributed by atoms with van der Waals surface area (Å²) in [6.45, 7) is 4.82. The molecular weight excluding hydrogens is 254 g/mol. The Morgan fingerprint density at radius 2 is 2.35 bits per heavy atom. The van der Waals surface area contributed by atoms with E-state index in [4.69, 9.17) is 10.6 Å². The zero-order valence-corrected chi connectivity index (χ0v) is 12.4. The largest absolute Gasteiger partial charge is 0.381 e. The van der Waals surface area contributed by atoms with Gasteiger partial charge in [-0.1, -0.05) is 6.92 Å². The summed E-state index contributed by atoms with van der Waals surface area (Å²) in [5.41, 5.74) is 2.62. The van der Waals surface area contributed by atoms with Crippen LogP contribution in [0.4, 0.5) is 11.6 Å². The van der Waals surface area contributed by atoms with E-state index >= 15 is 0 Å². The van der Waals surface area contributed by atoms with Gasteiger partial charge in [-0.05, 0) is 25.2 Å². The van der Waals surface area contributed by atoms with Crippen molar-refractivity contribution in [3.63, 3.8) is 0 Å². The Balaban J connectivity index is 2.06. The van der Waals surface area contributed by atoms with Gasteiger partial charge in [0.25, 0.3) is 0 Å². The van der Waals surface area contributed by atoms with Crippen molar-refractivity contribution in [1.82, 2.24) is 9.97 Å². The molecule has 1 fully saturated rings. The van der Waals surface area contributed by atoms with Crippen molar-refractivity contribution < 1.29 is 4.74 Å². The van der Waals surface area contributed by atoms with Crippen LogP contribution >= 0.6 is 0 Å². The van der Waals surface area contributed by atoms with Gasteiger partial charge in [0.2, 0.25) is 0 Å². The summed E-state index contributed by atoms with van der Waals surface area (Å²) < 4.78 is 5.53. The third kappa shape index (κ3) is 4.05. The summed E-state index contributed by atoms with van der Waals surface area (Å²) in [5.74, 6) is 8.49. The number of hydrazine groups is 1. The average molecular weight is 279 g/mol. The summed E-state index contributed by atoms with van der Waals surface area (Å²) in [6, 6.07) is 1.89. The van der Waals surface area contributed by atoms with E-state index in [1.54, 1.807) is 0 Å². The third-order valence-electron chi connectivity index (χ3n) is 3.56. The minimum Gasteiger partial charge on any atom is -0.381 e. The van der Waals surface area contributed by atoms with Crippen LogP contribution in [0.15, 0.2) is 6.07 Å². The Labute approximate surface area is 120 Å². The molecule has 1 aliphatic heterocycles. The van der Waals surface area contributed by atoms with Crippen molar-refractivity contribution in [3.8, 4) is 0 Å². The van der Waals surface area contributed by atoms with E-state index in [2.05, 4.69) is 34.3 Å². The minimum absolute atomic E-state index is 0.577. The summed E-state index contributed by atoms with van der Waals surface area (Å²) >= 11 is 0. The normalized spacial score (nSPS) is 18.9. The van der Waals surface area contributed by atoms with Crippen LogP contribution in [-0.2, 0) is 11.2 Å². The first kappa shape index (κ1) is 15.0. The molecule has 0 amide bonds. The molecule has 0 radical (unpaired) electrons. The Hall–Kier alpha value is -1.40. The predicted octanol–water partition coefficient (Wildman–Crippen LogP) is 1.58. The van der Waals surface area contributed by atoms with Crippen molar-refractivity contribution in [1.29, 1.82) is 0 Å². The van der Waals surface area contributed by atoms with E-state index in [1.807, 2.05) is 6.07 Å². The highest BCUT2D eigenvalue weighted by atomic mass is 16.5. The zero-order chi connectivity index (χ0) is 14.4. The Bertz CT molecular complexity index is 420. The van der Waals surface area contributed by atoms with Crippen LogP contribution in [0.1, 0.15) is 32.0 Å². The lowest BCUT2D eigenvalue weighted by Crippen LogP contribution is -2.31. The van der Waals surface area contributed by atoms with E-state index in [1.165, 1.54) is 6.42 Å². The third-order valence-corrected chi connectivity index (χ3v) is 3.56. The molecule has 20 heavy (non-hydrogen) atoms. The molecule has 1 saturated heterocycles. The number of nitrogens with zero attached hydrogens (tertiary/aromatic N) is 3. The molecule has 0 bridgehead atoms. The lowest BCUT2D eigenvalue weighted by molar-refractivity contribution is 0.0576. The molecule has 0 spiro atoms. The van der Waals surface area contributed by atoms with Gasteiger partial charge in [0, 0.05) is 32.7 Å². The van der Waals surface area contributed by atoms with Crippen LogP contribution in [-0.4, -0.2) is 36.8 Å². The molecule has 2 heterocycles. The number of nitrogens with one attached hydrogen (secondary N) is 1. The summed E-state index contributed by atoms with van der Waals surface area (Å²) in [7, 11) is 2.06. The van der Waals surface area contributed by atoms with Gasteiger partial charge in [-0.25, -0.2) is 15.8 Å². The number of ether oxygens (including phenoxy) is 1. The van der Waals surface area contributed by atoms with E-state index in [9.17, 15) is 0 Å². The van der Waals surface area contributed by atoms with Crippen molar-refractivity contribution in [2.75, 3.05) is 37.1 Å². The number of anilines is 2. The molecular formula is C14H25N5O. The van der Waals surface area contributed by atoms with Crippen LogP contribution in [0.3, 0.4) is 0 Å². The number of hydrogen-bond donors (Lipinski definition) is 2. The SMILES string of the molecule is CCCc1nc(NN)cc(N(C)CC2CCCOC2)n1. The van der Waals surface area contributed by atoms with Gasteiger partial charge in [-0.15, -0.1) is 0 Å². The van der Waals surface area contributed by atoms with Crippen molar-refractivity contribution in [2.45, 2.75) is 32.6 Å². The maximum absolute atomic E-state index is 5.53. The first-order valence-electron chi connectivity index (χ1n) is 7.36. The maximum atomic E-state index is 5.53. The van der Waals surface area contributed by atoms with E-state index < -0.39 is 0 Å². The van der Waals surface area contributed by atoms with Crippen LogP contribution in [0.25, 0.3) is 0 Å². The average Bonchev–Trinajstić information content (AvgIpc) is 2.48. The Morgan fingerprint density at radius 3 is 3.00 bits per heavy atom. The molecule has 1 aromatic heterocycles. The standard InChI is InChI=1S/C14H25N5O/c1-3-5-12-16-13(18-15)8-14(17-12)19(2)9-11-6-4-7-20-10-11/h8,11H,3-7,9-10,15H2,1-2H3,(H,16,17,18).